The molecule has 0 aliphatic carbocycles. The van der Waals surface area contributed by atoms with Gasteiger partial charge in [0.2, 0.25) is 0 Å². The number of thioether (sulfide) groups is 1. The van der Waals surface area contributed by atoms with E-state index in [1.165, 1.54) is 10.5 Å². The molecule has 0 amide bonds. The lowest BCUT2D eigenvalue weighted by molar-refractivity contribution is 0.00255. The summed E-state index contributed by atoms with van der Waals surface area (Å²) in [5.41, 5.74) is 3.15. The fourth-order valence-electron chi connectivity index (χ4n) is 4.34. The zero-order valence-electron chi connectivity index (χ0n) is 17.5. The SMILES string of the molecule is COc1cc2nc(C3CCCN3N3C=C(c4ccccc4)SC3C)[nH]c2cc1OC. The molecule has 6 nitrogen and oxygen atoms in total. The summed E-state index contributed by atoms with van der Waals surface area (Å²) in [6.07, 6.45) is 4.52. The Bertz CT molecular complexity index is 1040. The van der Waals surface area contributed by atoms with Crippen LogP contribution in [0.4, 0.5) is 0 Å². The topological polar surface area (TPSA) is 53.6 Å². The second kappa shape index (κ2) is 7.89. The van der Waals surface area contributed by atoms with Crippen molar-refractivity contribution in [1.29, 1.82) is 0 Å². The van der Waals surface area contributed by atoms with Crippen LogP contribution in [0.5, 0.6) is 11.5 Å². The minimum Gasteiger partial charge on any atom is -0.493 e. The van der Waals surface area contributed by atoms with Crippen LogP contribution in [0.25, 0.3) is 15.9 Å². The molecule has 2 aromatic carbocycles. The molecule has 0 bridgehead atoms. The predicted molar refractivity (Wildman–Crippen MR) is 121 cm³/mol. The van der Waals surface area contributed by atoms with Crippen molar-refractivity contribution in [3.05, 3.63) is 60.1 Å². The molecule has 0 radical (unpaired) electrons. The lowest BCUT2D eigenvalue weighted by Crippen LogP contribution is -2.41. The summed E-state index contributed by atoms with van der Waals surface area (Å²) in [6.45, 7) is 3.29. The van der Waals surface area contributed by atoms with E-state index in [1.807, 2.05) is 23.9 Å². The zero-order chi connectivity index (χ0) is 20.7. The van der Waals surface area contributed by atoms with Crippen LogP contribution in [0.1, 0.15) is 37.2 Å². The number of nitrogens with zero attached hydrogens (tertiary/aromatic N) is 3. The van der Waals surface area contributed by atoms with E-state index in [0.29, 0.717) is 16.9 Å². The predicted octanol–water partition coefficient (Wildman–Crippen LogP) is 5.03. The molecule has 7 heteroatoms. The fourth-order valence-corrected chi connectivity index (χ4v) is 5.44. The molecular weight excluding hydrogens is 396 g/mol. The van der Waals surface area contributed by atoms with Gasteiger partial charge in [0.15, 0.2) is 11.5 Å². The lowest BCUT2D eigenvalue weighted by atomic mass is 10.2. The molecule has 3 heterocycles. The number of methoxy groups -OCH3 is 2. The number of imidazole rings is 1. The van der Waals surface area contributed by atoms with Crippen LogP contribution in [0.3, 0.4) is 0 Å². The van der Waals surface area contributed by atoms with Crippen LogP contribution in [0, 0.1) is 0 Å². The standard InChI is InChI=1S/C23H26N4O2S/c1-15-27(14-22(30-15)16-8-5-4-6-9-16)26-11-7-10-19(26)23-24-17-12-20(28-2)21(29-3)13-18(17)25-23/h4-6,8-9,12-15,19H,7,10-11H2,1-3H3,(H,24,25). The maximum Gasteiger partial charge on any atom is 0.163 e. The van der Waals surface area contributed by atoms with E-state index < -0.39 is 0 Å². The molecule has 3 aromatic rings. The van der Waals surface area contributed by atoms with Crippen molar-refractivity contribution in [3.8, 4) is 11.5 Å². The first kappa shape index (κ1) is 19.3. The molecule has 2 aliphatic heterocycles. The quantitative estimate of drug-likeness (QED) is 0.623. The molecule has 2 atom stereocenters. The summed E-state index contributed by atoms with van der Waals surface area (Å²) in [4.78, 5) is 9.76. The van der Waals surface area contributed by atoms with Crippen LogP contribution >= 0.6 is 11.8 Å². The number of fused-ring (bicyclic) bond motifs is 1. The highest BCUT2D eigenvalue weighted by Gasteiger charge is 2.36. The van der Waals surface area contributed by atoms with E-state index in [9.17, 15) is 0 Å². The van der Waals surface area contributed by atoms with Gasteiger partial charge < -0.3 is 14.5 Å². The average molecular weight is 423 g/mol. The van der Waals surface area contributed by atoms with Crippen molar-refractivity contribution in [2.75, 3.05) is 20.8 Å². The number of H-pyrrole nitrogens is 1. The number of aromatic nitrogens is 2. The third kappa shape index (κ3) is 3.32. The monoisotopic (exact) mass is 422 g/mol. The summed E-state index contributed by atoms with van der Waals surface area (Å²) in [5.74, 6) is 2.41. The highest BCUT2D eigenvalue weighted by atomic mass is 32.2. The normalized spacial score (nSPS) is 22.0. The van der Waals surface area contributed by atoms with Crippen LogP contribution in [0.2, 0.25) is 0 Å². The molecule has 1 aromatic heterocycles. The van der Waals surface area contributed by atoms with Gasteiger partial charge in [0.1, 0.15) is 5.82 Å². The maximum atomic E-state index is 5.45. The molecule has 5 rings (SSSR count). The van der Waals surface area contributed by atoms with Gasteiger partial charge in [-0.2, -0.15) is 0 Å². The Labute approximate surface area is 180 Å². The van der Waals surface area contributed by atoms with Crippen molar-refractivity contribution < 1.29 is 9.47 Å². The second-order valence-electron chi connectivity index (χ2n) is 7.62. The summed E-state index contributed by atoms with van der Waals surface area (Å²) in [7, 11) is 3.31. The lowest BCUT2D eigenvalue weighted by Gasteiger charge is -2.35. The van der Waals surface area contributed by atoms with Crippen molar-refractivity contribution in [1.82, 2.24) is 20.0 Å². The number of hydrazine groups is 1. The summed E-state index contributed by atoms with van der Waals surface area (Å²) >= 11 is 1.91. The molecule has 2 aliphatic rings. The largest absolute Gasteiger partial charge is 0.493 e. The van der Waals surface area contributed by atoms with Gasteiger partial charge in [-0.25, -0.2) is 9.99 Å². The van der Waals surface area contributed by atoms with Gasteiger partial charge >= 0.3 is 0 Å². The molecule has 30 heavy (non-hydrogen) atoms. The minimum atomic E-state index is 0.226. The highest BCUT2D eigenvalue weighted by molar-refractivity contribution is 8.09. The van der Waals surface area contributed by atoms with Gasteiger partial charge in [-0.1, -0.05) is 42.1 Å². The van der Waals surface area contributed by atoms with E-state index >= 15 is 0 Å². The van der Waals surface area contributed by atoms with Gasteiger partial charge in [0.05, 0.1) is 36.7 Å². The van der Waals surface area contributed by atoms with Gasteiger partial charge in [-0.15, -0.1) is 0 Å². The van der Waals surface area contributed by atoms with Crippen molar-refractivity contribution in [2.24, 2.45) is 0 Å². The van der Waals surface area contributed by atoms with Gasteiger partial charge in [0.25, 0.3) is 0 Å². The first-order chi connectivity index (χ1) is 14.7. The fraction of sp³-hybridized carbons (Fsp3) is 0.348. The van der Waals surface area contributed by atoms with Gasteiger partial charge in [0, 0.05) is 29.8 Å². The highest BCUT2D eigenvalue weighted by Crippen LogP contribution is 2.44. The van der Waals surface area contributed by atoms with E-state index in [0.717, 1.165) is 36.2 Å². The smallest absolute Gasteiger partial charge is 0.163 e. The Kier molecular flexibility index (Phi) is 5.08. The zero-order valence-corrected chi connectivity index (χ0v) is 18.3. The van der Waals surface area contributed by atoms with Crippen LogP contribution in [-0.4, -0.2) is 46.1 Å². The van der Waals surface area contributed by atoms with Crippen LogP contribution in [0.15, 0.2) is 48.7 Å². The second-order valence-corrected chi connectivity index (χ2v) is 8.98. The third-order valence-corrected chi connectivity index (χ3v) is 6.97. The number of rotatable bonds is 5. The van der Waals surface area contributed by atoms with E-state index in [1.54, 1.807) is 14.2 Å². The number of aromatic amines is 1. The van der Waals surface area contributed by atoms with Gasteiger partial charge in [-0.05, 0) is 25.3 Å². The van der Waals surface area contributed by atoms with Crippen molar-refractivity contribution in [3.63, 3.8) is 0 Å². The Morgan fingerprint density at radius 3 is 2.63 bits per heavy atom. The summed E-state index contributed by atoms with van der Waals surface area (Å²) in [5, 5.41) is 5.20. The number of benzene rings is 2. The maximum absolute atomic E-state index is 5.45. The molecule has 1 saturated heterocycles. The van der Waals surface area contributed by atoms with Crippen LogP contribution in [-0.2, 0) is 0 Å². The van der Waals surface area contributed by atoms with E-state index in [4.69, 9.17) is 14.5 Å². The Morgan fingerprint density at radius 1 is 1.10 bits per heavy atom. The number of nitrogens with one attached hydrogen (secondary N) is 1. The van der Waals surface area contributed by atoms with Gasteiger partial charge in [-0.3, -0.25) is 5.01 Å². The molecule has 1 fully saturated rings. The molecule has 0 saturated carbocycles. The third-order valence-electron chi connectivity index (χ3n) is 5.82. The van der Waals surface area contributed by atoms with E-state index in [-0.39, 0.29) is 6.04 Å². The first-order valence-corrected chi connectivity index (χ1v) is 11.2. The molecule has 0 spiro atoms. The number of hydrogen-bond acceptors (Lipinski definition) is 6. The molecule has 156 valence electrons. The average Bonchev–Trinajstić information content (AvgIpc) is 3.50. The Morgan fingerprint density at radius 2 is 1.87 bits per heavy atom. The van der Waals surface area contributed by atoms with Crippen LogP contribution < -0.4 is 9.47 Å². The Balaban J connectivity index is 1.46. The summed E-state index contributed by atoms with van der Waals surface area (Å²) in [6, 6.07) is 14.7. The first-order valence-electron chi connectivity index (χ1n) is 10.3. The molecular formula is C23H26N4O2S. The van der Waals surface area contributed by atoms with Crippen molar-refractivity contribution in [2.45, 2.75) is 31.2 Å². The number of hydrogen-bond donors (Lipinski definition) is 1. The number of ether oxygens (including phenoxy) is 2. The minimum absolute atomic E-state index is 0.226. The van der Waals surface area contributed by atoms with E-state index in [2.05, 4.69) is 58.5 Å². The molecule has 2 unspecified atom stereocenters. The molecule has 1 N–H and O–H groups in total. The Hall–Kier alpha value is -2.64. The summed E-state index contributed by atoms with van der Waals surface area (Å²) < 4.78 is 10.9. The van der Waals surface area contributed by atoms with Crippen molar-refractivity contribution >= 4 is 27.7 Å².